The van der Waals surface area contributed by atoms with Crippen molar-refractivity contribution >= 4 is 15.9 Å². The number of hydrogen-bond acceptors (Lipinski definition) is 4. The van der Waals surface area contributed by atoms with Crippen molar-refractivity contribution in [2.75, 3.05) is 0 Å². The van der Waals surface area contributed by atoms with Crippen LogP contribution in [0.5, 0.6) is 0 Å². The molecule has 7 heteroatoms. The Kier molecular flexibility index (Phi) is 5.42. The molecule has 148 valence electrons. The van der Waals surface area contributed by atoms with E-state index in [1.54, 1.807) is 18.3 Å². The van der Waals surface area contributed by atoms with E-state index in [9.17, 15) is 13.2 Å². The zero-order valence-electron chi connectivity index (χ0n) is 15.7. The number of benzene rings is 2. The molecule has 1 atom stereocenters. The molecule has 0 aliphatic heterocycles. The van der Waals surface area contributed by atoms with E-state index in [0.717, 1.165) is 18.4 Å². The van der Waals surface area contributed by atoms with Gasteiger partial charge in [0.05, 0.1) is 16.6 Å². The van der Waals surface area contributed by atoms with Gasteiger partial charge in [-0.3, -0.25) is 9.78 Å². The summed E-state index contributed by atoms with van der Waals surface area (Å²) in [5, 5.41) is 2.98. The second kappa shape index (κ2) is 8.14. The van der Waals surface area contributed by atoms with Crippen LogP contribution in [0.25, 0.3) is 0 Å². The largest absolute Gasteiger partial charge is 0.340 e. The Labute approximate surface area is 170 Å². The summed E-state index contributed by atoms with van der Waals surface area (Å²) in [5.74, 6) is -0.368. The van der Waals surface area contributed by atoms with Crippen molar-refractivity contribution in [2.45, 2.75) is 29.8 Å². The number of rotatable bonds is 7. The lowest BCUT2D eigenvalue weighted by atomic mass is 10.0. The second-order valence-corrected chi connectivity index (χ2v) is 8.71. The summed E-state index contributed by atoms with van der Waals surface area (Å²) >= 11 is 0. The van der Waals surface area contributed by atoms with Gasteiger partial charge in [-0.15, -0.1) is 0 Å². The summed E-state index contributed by atoms with van der Waals surface area (Å²) in [7, 11) is -3.63. The topological polar surface area (TPSA) is 88.2 Å². The Balaban J connectivity index is 1.60. The van der Waals surface area contributed by atoms with Gasteiger partial charge in [0.15, 0.2) is 0 Å². The molecule has 6 nitrogen and oxygen atoms in total. The van der Waals surface area contributed by atoms with Crippen molar-refractivity contribution in [3.63, 3.8) is 0 Å². The predicted molar refractivity (Wildman–Crippen MR) is 110 cm³/mol. The maximum atomic E-state index is 13.0. The molecule has 29 heavy (non-hydrogen) atoms. The smallest absolute Gasteiger partial charge is 0.252 e. The molecule has 0 bridgehead atoms. The standard InChI is InChI=1S/C22H21N3O3S/c26-22(17-9-6-10-19(15-17)29(27,28)25-18-12-13-18)24-21(16-7-2-1-3-8-16)20-11-4-5-14-23-20/h1-11,14-15,18,21,25H,12-13H2,(H,24,26)/t21-/m1/s1. The molecule has 1 aliphatic rings. The molecule has 1 amide bonds. The minimum absolute atomic E-state index is 0.00380. The Morgan fingerprint density at radius 1 is 0.966 bits per heavy atom. The van der Waals surface area contributed by atoms with Gasteiger partial charge < -0.3 is 5.32 Å². The molecule has 2 aromatic carbocycles. The number of pyridine rings is 1. The Hall–Kier alpha value is -3.03. The molecule has 1 aliphatic carbocycles. The van der Waals surface area contributed by atoms with Crippen LogP contribution in [-0.4, -0.2) is 25.4 Å². The molecule has 1 aromatic heterocycles. The van der Waals surface area contributed by atoms with E-state index in [0.29, 0.717) is 5.69 Å². The molecular weight excluding hydrogens is 386 g/mol. The van der Waals surface area contributed by atoms with Crippen LogP contribution >= 0.6 is 0 Å². The highest BCUT2D eigenvalue weighted by Gasteiger charge is 2.28. The number of nitrogens with one attached hydrogen (secondary N) is 2. The molecule has 2 N–H and O–H groups in total. The van der Waals surface area contributed by atoms with E-state index in [-0.39, 0.29) is 22.4 Å². The normalized spacial score (nSPS) is 14.9. The Bertz CT molecular complexity index is 1060. The average Bonchev–Trinajstić information content (AvgIpc) is 3.56. The second-order valence-electron chi connectivity index (χ2n) is 7.00. The van der Waals surface area contributed by atoms with Gasteiger partial charge in [-0.1, -0.05) is 42.5 Å². The average molecular weight is 407 g/mol. The summed E-state index contributed by atoms with van der Waals surface area (Å²) in [4.78, 5) is 17.4. The summed E-state index contributed by atoms with van der Waals surface area (Å²) < 4.78 is 27.6. The first kappa shape index (κ1) is 19.3. The van der Waals surface area contributed by atoms with Crippen LogP contribution in [0.3, 0.4) is 0 Å². The van der Waals surface area contributed by atoms with Gasteiger partial charge in [-0.25, -0.2) is 13.1 Å². The summed E-state index contributed by atoms with van der Waals surface area (Å²) in [6.07, 6.45) is 3.37. The molecule has 4 rings (SSSR count). The van der Waals surface area contributed by atoms with E-state index in [2.05, 4.69) is 15.0 Å². The fraction of sp³-hybridized carbons (Fsp3) is 0.182. The summed E-state index contributed by atoms with van der Waals surface area (Å²) in [6, 6.07) is 20.7. The number of nitrogens with zero attached hydrogens (tertiary/aromatic N) is 1. The zero-order chi connectivity index (χ0) is 20.3. The van der Waals surface area contributed by atoms with Gasteiger partial charge in [0.1, 0.15) is 0 Å². The Morgan fingerprint density at radius 2 is 1.72 bits per heavy atom. The molecule has 3 aromatic rings. The lowest BCUT2D eigenvalue weighted by molar-refractivity contribution is 0.0942. The molecule has 0 unspecified atom stereocenters. The van der Waals surface area contributed by atoms with Crippen molar-refractivity contribution in [2.24, 2.45) is 0 Å². The molecule has 1 fully saturated rings. The zero-order valence-corrected chi connectivity index (χ0v) is 16.5. The SMILES string of the molecule is O=C(N[C@H](c1ccccc1)c1ccccn1)c1cccc(S(=O)(=O)NC2CC2)c1. The van der Waals surface area contributed by atoms with Crippen LogP contribution in [0.2, 0.25) is 0 Å². The minimum atomic E-state index is -3.63. The highest BCUT2D eigenvalue weighted by Crippen LogP contribution is 2.23. The fourth-order valence-electron chi connectivity index (χ4n) is 3.03. The van der Waals surface area contributed by atoms with E-state index in [4.69, 9.17) is 0 Å². The van der Waals surface area contributed by atoms with Crippen molar-refractivity contribution in [3.05, 3.63) is 95.8 Å². The van der Waals surface area contributed by atoms with Crippen LogP contribution < -0.4 is 10.0 Å². The highest BCUT2D eigenvalue weighted by molar-refractivity contribution is 7.89. The van der Waals surface area contributed by atoms with Crippen LogP contribution in [-0.2, 0) is 10.0 Å². The minimum Gasteiger partial charge on any atom is -0.340 e. The third-order valence-corrected chi connectivity index (χ3v) is 6.22. The van der Waals surface area contributed by atoms with Crippen molar-refractivity contribution in [3.8, 4) is 0 Å². The molecule has 0 spiro atoms. The Morgan fingerprint density at radius 3 is 2.41 bits per heavy atom. The van der Waals surface area contributed by atoms with Gasteiger partial charge >= 0.3 is 0 Å². The first-order chi connectivity index (χ1) is 14.0. The van der Waals surface area contributed by atoms with Gasteiger partial charge in [-0.2, -0.15) is 0 Å². The fourth-order valence-corrected chi connectivity index (χ4v) is 4.38. The van der Waals surface area contributed by atoms with E-state index >= 15 is 0 Å². The number of carbonyl (C=O) groups is 1. The molecular formula is C22H21N3O3S. The first-order valence-electron chi connectivity index (χ1n) is 9.42. The van der Waals surface area contributed by atoms with Crippen molar-refractivity contribution in [1.29, 1.82) is 0 Å². The first-order valence-corrected chi connectivity index (χ1v) is 10.9. The predicted octanol–water partition coefficient (Wildman–Crippen LogP) is 3.04. The van der Waals surface area contributed by atoms with Gasteiger partial charge in [0, 0.05) is 17.8 Å². The van der Waals surface area contributed by atoms with Crippen LogP contribution in [0.1, 0.15) is 40.5 Å². The molecule has 0 saturated heterocycles. The summed E-state index contributed by atoms with van der Waals surface area (Å²) in [6.45, 7) is 0. The molecule has 1 heterocycles. The summed E-state index contributed by atoms with van der Waals surface area (Å²) in [5.41, 5.74) is 1.87. The molecule has 1 saturated carbocycles. The third-order valence-electron chi connectivity index (χ3n) is 4.70. The van der Waals surface area contributed by atoms with E-state index in [1.165, 1.54) is 12.1 Å². The lowest BCUT2D eigenvalue weighted by Gasteiger charge is -2.19. The van der Waals surface area contributed by atoms with E-state index in [1.807, 2.05) is 48.5 Å². The maximum absolute atomic E-state index is 13.0. The van der Waals surface area contributed by atoms with Gasteiger partial charge in [-0.05, 0) is 48.7 Å². The number of amides is 1. The molecule has 0 radical (unpaired) electrons. The quantitative estimate of drug-likeness (QED) is 0.630. The van der Waals surface area contributed by atoms with Crippen LogP contribution in [0, 0.1) is 0 Å². The number of sulfonamides is 1. The van der Waals surface area contributed by atoms with Gasteiger partial charge in [0.25, 0.3) is 5.91 Å². The highest BCUT2D eigenvalue weighted by atomic mass is 32.2. The number of aromatic nitrogens is 1. The van der Waals surface area contributed by atoms with Crippen molar-refractivity contribution < 1.29 is 13.2 Å². The van der Waals surface area contributed by atoms with Crippen LogP contribution in [0.4, 0.5) is 0 Å². The third kappa shape index (κ3) is 4.70. The lowest BCUT2D eigenvalue weighted by Crippen LogP contribution is -2.30. The maximum Gasteiger partial charge on any atom is 0.252 e. The van der Waals surface area contributed by atoms with Crippen LogP contribution in [0.15, 0.2) is 83.9 Å². The van der Waals surface area contributed by atoms with Gasteiger partial charge in [0.2, 0.25) is 10.0 Å². The van der Waals surface area contributed by atoms with E-state index < -0.39 is 16.1 Å². The number of carbonyl (C=O) groups excluding carboxylic acids is 1. The number of hydrogen-bond donors (Lipinski definition) is 2. The monoisotopic (exact) mass is 407 g/mol. The van der Waals surface area contributed by atoms with Crippen molar-refractivity contribution in [1.82, 2.24) is 15.0 Å².